The van der Waals surface area contributed by atoms with Crippen LogP contribution in [0.5, 0.6) is 5.75 Å². The zero-order chi connectivity index (χ0) is 17.8. The van der Waals surface area contributed by atoms with E-state index in [0.29, 0.717) is 31.0 Å². The van der Waals surface area contributed by atoms with Crippen molar-refractivity contribution in [3.8, 4) is 5.75 Å². The predicted molar refractivity (Wildman–Crippen MR) is 87.3 cm³/mol. The molecule has 7 heteroatoms. The summed E-state index contributed by atoms with van der Waals surface area (Å²) in [5.74, 6) is -0.114. The minimum atomic E-state index is -0.384. The zero-order valence-electron chi connectivity index (χ0n) is 13.6. The number of halogens is 1. The molecule has 0 aliphatic carbocycles. The van der Waals surface area contributed by atoms with Crippen molar-refractivity contribution in [2.24, 2.45) is 11.7 Å². The van der Waals surface area contributed by atoms with Crippen LogP contribution in [0.3, 0.4) is 0 Å². The number of likely N-dealkylation sites (tertiary alicyclic amines) is 1. The number of piperidine rings is 1. The molecule has 0 spiro atoms. The molecule has 1 fully saturated rings. The lowest BCUT2D eigenvalue weighted by Gasteiger charge is -2.30. The summed E-state index contributed by atoms with van der Waals surface area (Å²) < 4.78 is 23.9. The number of carbonyl (C=O) groups is 2. The topological polar surface area (TPSA) is 85.8 Å². The van der Waals surface area contributed by atoms with Crippen molar-refractivity contribution in [2.75, 3.05) is 13.1 Å². The molecule has 0 saturated carbocycles. The third-order valence-corrected chi connectivity index (χ3v) is 4.18. The Hall–Kier alpha value is -2.83. The molecule has 1 atom stereocenters. The van der Waals surface area contributed by atoms with Crippen LogP contribution in [0.2, 0.25) is 0 Å². The van der Waals surface area contributed by atoms with Crippen molar-refractivity contribution in [1.82, 2.24) is 4.90 Å². The molecular weight excluding hydrogens is 327 g/mol. The van der Waals surface area contributed by atoms with Crippen LogP contribution in [0.1, 0.15) is 29.2 Å². The van der Waals surface area contributed by atoms with Gasteiger partial charge in [-0.15, -0.1) is 0 Å². The van der Waals surface area contributed by atoms with Crippen LogP contribution in [0.15, 0.2) is 40.8 Å². The molecule has 132 valence electrons. The van der Waals surface area contributed by atoms with Crippen LogP contribution >= 0.6 is 0 Å². The van der Waals surface area contributed by atoms with Gasteiger partial charge in [0.05, 0.1) is 5.92 Å². The Labute approximate surface area is 144 Å². The molecule has 0 radical (unpaired) electrons. The molecule has 25 heavy (non-hydrogen) atoms. The van der Waals surface area contributed by atoms with E-state index in [-0.39, 0.29) is 35.9 Å². The van der Waals surface area contributed by atoms with Crippen molar-refractivity contribution in [2.45, 2.75) is 19.4 Å². The molecule has 1 aromatic carbocycles. The van der Waals surface area contributed by atoms with E-state index in [1.807, 2.05) is 0 Å². The Morgan fingerprint density at radius 2 is 2.00 bits per heavy atom. The quantitative estimate of drug-likeness (QED) is 0.900. The molecule has 2 aromatic rings. The minimum absolute atomic E-state index is 0.128. The van der Waals surface area contributed by atoms with E-state index >= 15 is 0 Å². The lowest BCUT2D eigenvalue weighted by Crippen LogP contribution is -2.44. The summed E-state index contributed by atoms with van der Waals surface area (Å²) in [6, 6.07) is 8.88. The molecule has 3 rings (SSSR count). The van der Waals surface area contributed by atoms with Gasteiger partial charge < -0.3 is 19.8 Å². The molecule has 2 N–H and O–H groups in total. The predicted octanol–water partition coefficient (Wildman–Crippen LogP) is 2.34. The van der Waals surface area contributed by atoms with Gasteiger partial charge in [0.2, 0.25) is 5.91 Å². The maximum atomic E-state index is 12.9. The van der Waals surface area contributed by atoms with E-state index in [0.717, 1.165) is 6.42 Å². The van der Waals surface area contributed by atoms with E-state index in [1.54, 1.807) is 17.0 Å². The maximum Gasteiger partial charge on any atom is 0.289 e. The van der Waals surface area contributed by atoms with E-state index < -0.39 is 0 Å². The lowest BCUT2D eigenvalue weighted by molar-refractivity contribution is -0.123. The number of hydrogen-bond acceptors (Lipinski definition) is 4. The van der Waals surface area contributed by atoms with Crippen LogP contribution in [0, 0.1) is 11.7 Å². The van der Waals surface area contributed by atoms with E-state index in [9.17, 15) is 14.0 Å². The van der Waals surface area contributed by atoms with Crippen molar-refractivity contribution >= 4 is 11.8 Å². The van der Waals surface area contributed by atoms with Gasteiger partial charge in [-0.2, -0.15) is 0 Å². The van der Waals surface area contributed by atoms with Crippen LogP contribution < -0.4 is 10.5 Å². The van der Waals surface area contributed by atoms with E-state index in [2.05, 4.69) is 0 Å². The van der Waals surface area contributed by atoms with Gasteiger partial charge in [0, 0.05) is 13.1 Å². The van der Waals surface area contributed by atoms with E-state index in [1.165, 1.54) is 24.3 Å². The van der Waals surface area contributed by atoms with Gasteiger partial charge in [-0.3, -0.25) is 9.59 Å². The average molecular weight is 346 g/mol. The van der Waals surface area contributed by atoms with Crippen molar-refractivity contribution in [3.63, 3.8) is 0 Å². The van der Waals surface area contributed by atoms with E-state index in [4.69, 9.17) is 14.9 Å². The molecule has 2 heterocycles. The zero-order valence-corrected chi connectivity index (χ0v) is 13.6. The highest BCUT2D eigenvalue weighted by atomic mass is 19.1. The van der Waals surface area contributed by atoms with Gasteiger partial charge in [-0.25, -0.2) is 4.39 Å². The fraction of sp³-hybridized carbons (Fsp3) is 0.333. The van der Waals surface area contributed by atoms with Gasteiger partial charge in [0.25, 0.3) is 5.91 Å². The fourth-order valence-electron chi connectivity index (χ4n) is 2.81. The Bertz CT molecular complexity index is 757. The first-order valence-corrected chi connectivity index (χ1v) is 8.08. The van der Waals surface area contributed by atoms with Gasteiger partial charge in [-0.1, -0.05) is 0 Å². The highest BCUT2D eigenvalue weighted by molar-refractivity contribution is 5.92. The van der Waals surface area contributed by atoms with Gasteiger partial charge in [0.15, 0.2) is 5.76 Å². The van der Waals surface area contributed by atoms with Gasteiger partial charge in [0.1, 0.15) is 23.9 Å². The second-order valence-electron chi connectivity index (χ2n) is 6.00. The van der Waals surface area contributed by atoms with Gasteiger partial charge in [-0.05, 0) is 49.2 Å². The summed E-state index contributed by atoms with van der Waals surface area (Å²) in [5, 5.41) is 0. The monoisotopic (exact) mass is 346 g/mol. The SMILES string of the molecule is NC(=O)C1CCCN(C(=O)c2ccc(COc3ccc(F)cc3)o2)C1. The Morgan fingerprint density at radius 1 is 1.24 bits per heavy atom. The summed E-state index contributed by atoms with van der Waals surface area (Å²) in [6.07, 6.45) is 1.44. The fourth-order valence-corrected chi connectivity index (χ4v) is 2.81. The van der Waals surface area contributed by atoms with Gasteiger partial charge >= 0.3 is 0 Å². The van der Waals surface area contributed by atoms with Crippen molar-refractivity contribution < 1.29 is 23.1 Å². The molecule has 1 saturated heterocycles. The Morgan fingerprint density at radius 3 is 2.72 bits per heavy atom. The molecular formula is C18H19FN2O4. The maximum absolute atomic E-state index is 12.9. The number of hydrogen-bond donors (Lipinski definition) is 1. The highest BCUT2D eigenvalue weighted by Crippen LogP contribution is 2.20. The molecule has 1 aliphatic heterocycles. The molecule has 2 amide bonds. The second-order valence-corrected chi connectivity index (χ2v) is 6.00. The number of rotatable bonds is 5. The number of benzene rings is 1. The first-order valence-electron chi connectivity index (χ1n) is 8.08. The number of amides is 2. The highest BCUT2D eigenvalue weighted by Gasteiger charge is 2.28. The number of nitrogens with two attached hydrogens (primary N) is 1. The third-order valence-electron chi connectivity index (χ3n) is 4.18. The third kappa shape index (κ3) is 4.17. The summed E-state index contributed by atoms with van der Waals surface area (Å²) in [7, 11) is 0. The second kappa shape index (κ2) is 7.38. The summed E-state index contributed by atoms with van der Waals surface area (Å²) in [6.45, 7) is 1.02. The summed E-state index contributed by atoms with van der Waals surface area (Å²) >= 11 is 0. The lowest BCUT2D eigenvalue weighted by atomic mass is 9.97. The van der Waals surface area contributed by atoms with Crippen LogP contribution in [0.25, 0.3) is 0 Å². The number of nitrogens with zero attached hydrogens (tertiary/aromatic N) is 1. The normalized spacial score (nSPS) is 17.3. The first kappa shape index (κ1) is 17.0. The van der Waals surface area contributed by atoms with Crippen molar-refractivity contribution in [1.29, 1.82) is 0 Å². The summed E-state index contributed by atoms with van der Waals surface area (Å²) in [4.78, 5) is 25.4. The molecule has 1 aliphatic rings. The Balaban J connectivity index is 1.59. The first-order chi connectivity index (χ1) is 12.0. The molecule has 1 aromatic heterocycles. The van der Waals surface area contributed by atoms with Crippen LogP contribution in [-0.2, 0) is 11.4 Å². The number of ether oxygens (including phenoxy) is 1. The smallest absolute Gasteiger partial charge is 0.289 e. The average Bonchev–Trinajstić information content (AvgIpc) is 3.09. The van der Waals surface area contributed by atoms with Crippen molar-refractivity contribution in [3.05, 3.63) is 53.7 Å². The summed E-state index contributed by atoms with van der Waals surface area (Å²) in [5.41, 5.74) is 5.34. The molecule has 6 nitrogen and oxygen atoms in total. The standard InChI is InChI=1S/C18H19FN2O4/c19-13-3-5-14(6-4-13)24-11-15-7-8-16(25-15)18(23)21-9-1-2-12(10-21)17(20)22/h3-8,12H,1-2,9-11H2,(H2,20,22). The van der Waals surface area contributed by atoms with Crippen LogP contribution in [-0.4, -0.2) is 29.8 Å². The molecule has 0 bridgehead atoms. The minimum Gasteiger partial charge on any atom is -0.486 e. The number of carbonyl (C=O) groups excluding carboxylic acids is 2. The molecule has 1 unspecified atom stereocenters. The number of primary amides is 1. The number of furan rings is 1. The van der Waals surface area contributed by atoms with Crippen LogP contribution in [0.4, 0.5) is 4.39 Å². The largest absolute Gasteiger partial charge is 0.486 e. The Kier molecular flexibility index (Phi) is 5.02.